The van der Waals surface area contributed by atoms with Gasteiger partial charge in [0.25, 0.3) is 5.91 Å². The van der Waals surface area contributed by atoms with Gasteiger partial charge in [-0.3, -0.25) is 9.59 Å². The highest BCUT2D eigenvalue weighted by Gasteiger charge is 2.41. The second-order valence-electron chi connectivity index (χ2n) is 5.90. The molecular weight excluding hydrogens is 274 g/mol. The van der Waals surface area contributed by atoms with Crippen LogP contribution in [-0.4, -0.2) is 61.9 Å². The van der Waals surface area contributed by atoms with Crippen molar-refractivity contribution in [1.29, 1.82) is 0 Å². The fraction of sp³-hybridized carbons (Fsp3) is 0.867. The molecule has 2 aliphatic heterocycles. The molecule has 0 bridgehead atoms. The van der Waals surface area contributed by atoms with Gasteiger partial charge in [0.1, 0.15) is 5.60 Å². The first kappa shape index (κ1) is 16.2. The highest BCUT2D eigenvalue weighted by Crippen LogP contribution is 2.28. The number of ether oxygens (including phenoxy) is 3. The van der Waals surface area contributed by atoms with Gasteiger partial charge >= 0.3 is 5.97 Å². The number of carbonyl (C=O) groups excluding carboxylic acids is 2. The molecule has 2 heterocycles. The first-order valence-corrected chi connectivity index (χ1v) is 7.67. The van der Waals surface area contributed by atoms with Crippen molar-refractivity contribution >= 4 is 11.9 Å². The second kappa shape index (κ2) is 7.22. The molecule has 0 aliphatic carbocycles. The zero-order chi connectivity index (χ0) is 15.3. The Morgan fingerprint density at radius 1 is 1.33 bits per heavy atom. The minimum Gasteiger partial charge on any atom is -0.469 e. The molecule has 0 aromatic carbocycles. The Morgan fingerprint density at radius 2 is 2.14 bits per heavy atom. The van der Waals surface area contributed by atoms with Crippen LogP contribution in [0.15, 0.2) is 0 Å². The average Bonchev–Trinajstić information content (AvgIpc) is 3.14. The third-order valence-corrected chi connectivity index (χ3v) is 4.22. The summed E-state index contributed by atoms with van der Waals surface area (Å²) in [5.74, 6) is -0.350. The van der Waals surface area contributed by atoms with Crippen LogP contribution in [0.3, 0.4) is 0 Å². The van der Waals surface area contributed by atoms with Crippen LogP contribution in [-0.2, 0) is 23.8 Å². The Kier molecular flexibility index (Phi) is 5.58. The normalized spacial score (nSPS) is 28.6. The lowest BCUT2D eigenvalue weighted by Crippen LogP contribution is -2.49. The molecule has 2 saturated heterocycles. The smallest absolute Gasteiger partial charge is 0.307 e. The minimum atomic E-state index is -0.755. The number of nitrogens with zero attached hydrogens (tertiary/aromatic N) is 1. The van der Waals surface area contributed by atoms with Gasteiger partial charge in [0.15, 0.2) is 0 Å². The molecule has 2 unspecified atom stereocenters. The zero-order valence-corrected chi connectivity index (χ0v) is 12.9. The molecule has 0 N–H and O–H groups in total. The summed E-state index contributed by atoms with van der Waals surface area (Å²) in [6.45, 7) is 4.08. The van der Waals surface area contributed by atoms with Crippen LogP contribution in [0.4, 0.5) is 0 Å². The summed E-state index contributed by atoms with van der Waals surface area (Å²) in [6.07, 6.45) is 3.87. The summed E-state index contributed by atoms with van der Waals surface area (Å²) < 4.78 is 15.9. The molecule has 0 aromatic heterocycles. The molecule has 0 aromatic rings. The van der Waals surface area contributed by atoms with Gasteiger partial charge in [-0.25, -0.2) is 0 Å². The van der Waals surface area contributed by atoms with E-state index < -0.39 is 5.60 Å². The van der Waals surface area contributed by atoms with Crippen molar-refractivity contribution in [3.63, 3.8) is 0 Å². The van der Waals surface area contributed by atoms with E-state index in [2.05, 4.69) is 4.74 Å². The summed E-state index contributed by atoms with van der Waals surface area (Å²) in [6, 6.07) is 0. The summed E-state index contributed by atoms with van der Waals surface area (Å²) in [5, 5.41) is 0. The second-order valence-corrected chi connectivity index (χ2v) is 5.90. The Balaban J connectivity index is 1.98. The van der Waals surface area contributed by atoms with Crippen molar-refractivity contribution in [1.82, 2.24) is 4.90 Å². The monoisotopic (exact) mass is 299 g/mol. The SMILES string of the molecule is COC(=O)CCN(CC1CCCO1)C(=O)C1(C)CCCO1. The predicted octanol–water partition coefficient (Wildman–Crippen LogP) is 1.13. The largest absolute Gasteiger partial charge is 0.469 e. The number of rotatable bonds is 6. The van der Waals surface area contributed by atoms with Crippen molar-refractivity contribution in [2.75, 3.05) is 33.4 Å². The Hall–Kier alpha value is -1.14. The standard InChI is InChI=1S/C15H25NO5/c1-15(7-4-10-21-15)14(18)16(8-6-13(17)19-2)11-12-5-3-9-20-12/h12H,3-11H2,1-2H3. The molecule has 0 radical (unpaired) electrons. The number of amides is 1. The van der Waals surface area contributed by atoms with Gasteiger partial charge in [0.2, 0.25) is 0 Å². The van der Waals surface area contributed by atoms with Gasteiger partial charge in [-0.05, 0) is 32.6 Å². The van der Waals surface area contributed by atoms with E-state index in [0.717, 1.165) is 32.3 Å². The van der Waals surface area contributed by atoms with Crippen LogP contribution in [0, 0.1) is 0 Å². The summed E-state index contributed by atoms with van der Waals surface area (Å²) in [7, 11) is 1.36. The van der Waals surface area contributed by atoms with Gasteiger partial charge in [-0.1, -0.05) is 0 Å². The van der Waals surface area contributed by atoms with Crippen molar-refractivity contribution in [2.24, 2.45) is 0 Å². The lowest BCUT2D eigenvalue weighted by Gasteiger charge is -2.32. The van der Waals surface area contributed by atoms with Crippen molar-refractivity contribution in [2.45, 2.75) is 50.7 Å². The Bertz CT molecular complexity index is 372. The first-order chi connectivity index (χ1) is 10.0. The fourth-order valence-corrected chi connectivity index (χ4v) is 2.92. The van der Waals surface area contributed by atoms with E-state index in [0.29, 0.717) is 19.7 Å². The molecule has 2 fully saturated rings. The topological polar surface area (TPSA) is 65.1 Å². The molecule has 1 amide bonds. The molecule has 2 atom stereocenters. The number of hydrogen-bond donors (Lipinski definition) is 0. The maximum absolute atomic E-state index is 12.7. The van der Waals surface area contributed by atoms with E-state index in [4.69, 9.17) is 9.47 Å². The van der Waals surface area contributed by atoms with E-state index in [9.17, 15) is 9.59 Å². The number of carbonyl (C=O) groups is 2. The lowest BCUT2D eigenvalue weighted by molar-refractivity contribution is -0.153. The van der Waals surface area contributed by atoms with Crippen LogP contribution in [0.5, 0.6) is 0 Å². The van der Waals surface area contributed by atoms with E-state index in [-0.39, 0.29) is 24.4 Å². The zero-order valence-electron chi connectivity index (χ0n) is 12.9. The van der Waals surface area contributed by atoms with Gasteiger partial charge in [0, 0.05) is 26.3 Å². The van der Waals surface area contributed by atoms with Crippen LogP contribution >= 0.6 is 0 Å². The van der Waals surface area contributed by atoms with Crippen molar-refractivity contribution in [3.05, 3.63) is 0 Å². The maximum atomic E-state index is 12.7. The van der Waals surface area contributed by atoms with Crippen LogP contribution in [0.1, 0.15) is 39.0 Å². The number of esters is 1. The molecule has 120 valence electrons. The highest BCUT2D eigenvalue weighted by molar-refractivity contribution is 5.85. The molecule has 2 aliphatic rings. The van der Waals surface area contributed by atoms with Crippen LogP contribution in [0.25, 0.3) is 0 Å². The van der Waals surface area contributed by atoms with E-state index >= 15 is 0 Å². The maximum Gasteiger partial charge on any atom is 0.307 e. The van der Waals surface area contributed by atoms with Gasteiger partial charge in [-0.2, -0.15) is 0 Å². The Morgan fingerprint density at radius 3 is 2.71 bits per heavy atom. The van der Waals surface area contributed by atoms with Crippen LogP contribution < -0.4 is 0 Å². The minimum absolute atomic E-state index is 0.0422. The summed E-state index contributed by atoms with van der Waals surface area (Å²) >= 11 is 0. The Labute approximate surface area is 125 Å². The van der Waals surface area contributed by atoms with Crippen molar-refractivity contribution < 1.29 is 23.8 Å². The third kappa shape index (κ3) is 4.17. The number of hydrogen-bond acceptors (Lipinski definition) is 5. The van der Waals surface area contributed by atoms with Crippen molar-refractivity contribution in [3.8, 4) is 0 Å². The van der Waals surface area contributed by atoms with Gasteiger partial charge in [0.05, 0.1) is 19.6 Å². The predicted molar refractivity (Wildman–Crippen MR) is 75.8 cm³/mol. The fourth-order valence-electron chi connectivity index (χ4n) is 2.92. The summed E-state index contributed by atoms with van der Waals surface area (Å²) in [5.41, 5.74) is -0.755. The summed E-state index contributed by atoms with van der Waals surface area (Å²) in [4.78, 5) is 25.8. The molecule has 0 spiro atoms. The number of methoxy groups -OCH3 is 1. The first-order valence-electron chi connectivity index (χ1n) is 7.67. The molecule has 6 nitrogen and oxygen atoms in total. The quantitative estimate of drug-likeness (QED) is 0.688. The van der Waals surface area contributed by atoms with E-state index in [1.807, 2.05) is 6.92 Å². The third-order valence-electron chi connectivity index (χ3n) is 4.22. The van der Waals surface area contributed by atoms with Crippen LogP contribution in [0.2, 0.25) is 0 Å². The highest BCUT2D eigenvalue weighted by atomic mass is 16.5. The molecule has 6 heteroatoms. The molecule has 0 saturated carbocycles. The van der Waals surface area contributed by atoms with E-state index in [1.165, 1.54) is 7.11 Å². The molecule has 2 rings (SSSR count). The molecular formula is C15H25NO5. The van der Waals surface area contributed by atoms with E-state index in [1.54, 1.807) is 4.90 Å². The van der Waals surface area contributed by atoms with Gasteiger partial charge < -0.3 is 19.1 Å². The molecule has 21 heavy (non-hydrogen) atoms. The van der Waals surface area contributed by atoms with Gasteiger partial charge in [-0.15, -0.1) is 0 Å². The lowest BCUT2D eigenvalue weighted by atomic mass is 10.0. The average molecular weight is 299 g/mol.